The summed E-state index contributed by atoms with van der Waals surface area (Å²) < 4.78 is 5.94. The van der Waals surface area contributed by atoms with Crippen LogP contribution in [0.2, 0.25) is 0 Å². The quantitative estimate of drug-likeness (QED) is 0.849. The van der Waals surface area contributed by atoms with E-state index in [-0.39, 0.29) is 24.0 Å². The topological polar surface area (TPSA) is 49.9 Å². The van der Waals surface area contributed by atoms with E-state index in [0.717, 1.165) is 24.9 Å². The molecule has 1 saturated carbocycles. The van der Waals surface area contributed by atoms with Crippen molar-refractivity contribution in [2.24, 2.45) is 5.92 Å². The van der Waals surface area contributed by atoms with Crippen molar-refractivity contribution in [3.63, 3.8) is 0 Å². The second-order valence-electron chi connectivity index (χ2n) is 6.99. The maximum Gasteiger partial charge on any atom is 0.254 e. The predicted octanol–water partition coefficient (Wildman–Crippen LogP) is 1.99. The zero-order chi connectivity index (χ0) is 15.9. The molecule has 1 aliphatic carbocycles. The molecule has 0 N–H and O–H groups in total. The molecular formula is C17H22N2O3S. The Bertz CT molecular complexity index is 589. The molecule has 3 fully saturated rings. The molecule has 0 aromatic carbocycles. The van der Waals surface area contributed by atoms with E-state index in [1.807, 2.05) is 26.6 Å². The van der Waals surface area contributed by atoms with Gasteiger partial charge in [-0.15, -0.1) is 0 Å². The number of likely N-dealkylation sites (tertiary alicyclic amines) is 1. The molecule has 6 heteroatoms. The van der Waals surface area contributed by atoms with Crippen LogP contribution in [0, 0.1) is 5.92 Å². The molecule has 0 atom stereocenters. The van der Waals surface area contributed by atoms with Gasteiger partial charge in [0.15, 0.2) is 0 Å². The molecule has 3 heterocycles. The Hall–Kier alpha value is -1.40. The Labute approximate surface area is 140 Å². The fraction of sp³-hybridized carbons (Fsp3) is 0.647. The summed E-state index contributed by atoms with van der Waals surface area (Å²) in [6.07, 6.45) is 4.13. The lowest BCUT2D eigenvalue weighted by Crippen LogP contribution is -2.59. The number of hydrogen-bond donors (Lipinski definition) is 0. The standard InChI is InChI=1S/C17H22N2O3S/c20-15-10-22-17(12-19(15)9-13-1-2-13)4-6-18(7-5-17)16(21)14-3-8-23-11-14/h3,8,11,13H,1-2,4-7,9-10,12H2. The lowest BCUT2D eigenvalue weighted by atomic mass is 9.89. The maximum atomic E-state index is 12.4. The molecule has 1 aromatic heterocycles. The van der Waals surface area contributed by atoms with Crippen LogP contribution < -0.4 is 0 Å². The van der Waals surface area contributed by atoms with Gasteiger partial charge in [0.25, 0.3) is 5.91 Å². The summed E-state index contributed by atoms with van der Waals surface area (Å²) in [7, 11) is 0. The zero-order valence-corrected chi connectivity index (χ0v) is 14.0. The van der Waals surface area contributed by atoms with Gasteiger partial charge in [-0.05, 0) is 43.0 Å². The molecule has 3 aliphatic rings. The van der Waals surface area contributed by atoms with E-state index in [4.69, 9.17) is 4.74 Å². The van der Waals surface area contributed by atoms with E-state index in [1.165, 1.54) is 12.8 Å². The summed E-state index contributed by atoms with van der Waals surface area (Å²) in [5, 5.41) is 3.84. The van der Waals surface area contributed by atoms with Gasteiger partial charge in [0.05, 0.1) is 11.2 Å². The van der Waals surface area contributed by atoms with E-state index in [2.05, 4.69) is 0 Å². The van der Waals surface area contributed by atoms with Crippen LogP contribution in [0.5, 0.6) is 0 Å². The van der Waals surface area contributed by atoms with Gasteiger partial charge in [-0.2, -0.15) is 11.3 Å². The highest BCUT2D eigenvalue weighted by Gasteiger charge is 2.44. The van der Waals surface area contributed by atoms with Crippen molar-refractivity contribution in [3.05, 3.63) is 22.4 Å². The largest absolute Gasteiger partial charge is 0.363 e. The first-order valence-corrected chi connectivity index (χ1v) is 9.33. The van der Waals surface area contributed by atoms with Crippen molar-refractivity contribution in [2.75, 3.05) is 32.8 Å². The number of nitrogens with zero attached hydrogens (tertiary/aromatic N) is 2. The van der Waals surface area contributed by atoms with E-state index in [1.54, 1.807) is 11.3 Å². The van der Waals surface area contributed by atoms with E-state index < -0.39 is 0 Å². The summed E-state index contributed by atoms with van der Waals surface area (Å²) in [4.78, 5) is 28.4. The number of carbonyl (C=O) groups excluding carboxylic acids is 2. The summed E-state index contributed by atoms with van der Waals surface area (Å²) in [6.45, 7) is 3.20. The number of rotatable bonds is 3. The number of ether oxygens (including phenoxy) is 1. The normalized spacial score (nSPS) is 24.3. The summed E-state index contributed by atoms with van der Waals surface area (Å²) in [6, 6.07) is 1.88. The van der Waals surface area contributed by atoms with Crippen LogP contribution in [0.15, 0.2) is 16.8 Å². The smallest absolute Gasteiger partial charge is 0.254 e. The van der Waals surface area contributed by atoms with Gasteiger partial charge in [-0.1, -0.05) is 0 Å². The van der Waals surface area contributed by atoms with Gasteiger partial charge < -0.3 is 14.5 Å². The maximum absolute atomic E-state index is 12.4. The van der Waals surface area contributed by atoms with Crippen LogP contribution in [0.25, 0.3) is 0 Å². The fourth-order valence-corrected chi connectivity index (χ4v) is 4.18. The third kappa shape index (κ3) is 3.15. The van der Waals surface area contributed by atoms with Gasteiger partial charge in [0.1, 0.15) is 6.61 Å². The van der Waals surface area contributed by atoms with Crippen molar-refractivity contribution < 1.29 is 14.3 Å². The molecule has 4 rings (SSSR count). The fourth-order valence-electron chi connectivity index (χ4n) is 3.55. The zero-order valence-electron chi connectivity index (χ0n) is 13.2. The van der Waals surface area contributed by atoms with Crippen LogP contribution in [0.1, 0.15) is 36.0 Å². The molecule has 124 valence electrons. The summed E-state index contributed by atoms with van der Waals surface area (Å²) in [5.74, 6) is 0.941. The van der Waals surface area contributed by atoms with Crippen LogP contribution in [0.4, 0.5) is 0 Å². The Kier molecular flexibility index (Phi) is 3.89. The SMILES string of the molecule is O=C1COC2(CCN(C(=O)c3ccsc3)CC2)CN1CC1CC1. The van der Waals surface area contributed by atoms with Crippen molar-refractivity contribution >= 4 is 23.2 Å². The summed E-state index contributed by atoms with van der Waals surface area (Å²) in [5.41, 5.74) is 0.537. The monoisotopic (exact) mass is 334 g/mol. The average molecular weight is 334 g/mol. The van der Waals surface area contributed by atoms with Crippen LogP contribution >= 0.6 is 11.3 Å². The Morgan fingerprint density at radius 1 is 1.35 bits per heavy atom. The first kappa shape index (κ1) is 15.1. The van der Waals surface area contributed by atoms with Gasteiger partial charge >= 0.3 is 0 Å². The average Bonchev–Trinajstić information content (AvgIpc) is 3.21. The van der Waals surface area contributed by atoms with Gasteiger partial charge in [-0.25, -0.2) is 0 Å². The molecule has 2 aliphatic heterocycles. The third-order valence-electron chi connectivity index (χ3n) is 5.24. The molecule has 2 saturated heterocycles. The summed E-state index contributed by atoms with van der Waals surface area (Å²) >= 11 is 1.55. The molecular weight excluding hydrogens is 312 g/mol. The van der Waals surface area contributed by atoms with Crippen LogP contribution in [0.3, 0.4) is 0 Å². The highest BCUT2D eigenvalue weighted by atomic mass is 32.1. The Morgan fingerprint density at radius 3 is 2.78 bits per heavy atom. The molecule has 0 unspecified atom stereocenters. The number of thiophene rings is 1. The van der Waals surface area contributed by atoms with Crippen molar-refractivity contribution in [2.45, 2.75) is 31.3 Å². The van der Waals surface area contributed by atoms with Crippen molar-refractivity contribution in [1.82, 2.24) is 9.80 Å². The third-order valence-corrected chi connectivity index (χ3v) is 5.92. The second-order valence-corrected chi connectivity index (χ2v) is 7.77. The predicted molar refractivity (Wildman–Crippen MR) is 87.4 cm³/mol. The first-order valence-electron chi connectivity index (χ1n) is 8.38. The lowest BCUT2D eigenvalue weighted by Gasteiger charge is -2.47. The molecule has 2 amide bonds. The molecule has 1 aromatic rings. The highest BCUT2D eigenvalue weighted by molar-refractivity contribution is 7.08. The Morgan fingerprint density at radius 2 is 2.13 bits per heavy atom. The van der Waals surface area contributed by atoms with Crippen LogP contribution in [-0.4, -0.2) is 60.0 Å². The number of amides is 2. The van der Waals surface area contributed by atoms with E-state index in [9.17, 15) is 9.59 Å². The number of piperidine rings is 1. The highest BCUT2D eigenvalue weighted by Crippen LogP contribution is 2.35. The molecule has 23 heavy (non-hydrogen) atoms. The number of morpholine rings is 1. The van der Waals surface area contributed by atoms with Crippen molar-refractivity contribution in [3.8, 4) is 0 Å². The van der Waals surface area contributed by atoms with Crippen LogP contribution in [-0.2, 0) is 9.53 Å². The number of hydrogen-bond acceptors (Lipinski definition) is 4. The van der Waals surface area contributed by atoms with Gasteiger partial charge in [0, 0.05) is 31.6 Å². The second kappa shape index (κ2) is 5.91. The Balaban J connectivity index is 1.38. The molecule has 1 spiro atoms. The van der Waals surface area contributed by atoms with Gasteiger partial charge in [-0.3, -0.25) is 9.59 Å². The van der Waals surface area contributed by atoms with E-state index in [0.29, 0.717) is 25.6 Å². The molecule has 0 radical (unpaired) electrons. The lowest BCUT2D eigenvalue weighted by molar-refractivity contribution is -0.170. The van der Waals surface area contributed by atoms with Crippen molar-refractivity contribution in [1.29, 1.82) is 0 Å². The van der Waals surface area contributed by atoms with Gasteiger partial charge in [0.2, 0.25) is 5.91 Å². The molecule has 5 nitrogen and oxygen atoms in total. The molecule has 0 bridgehead atoms. The minimum absolute atomic E-state index is 0.114. The van der Waals surface area contributed by atoms with E-state index >= 15 is 0 Å². The minimum atomic E-state index is -0.242. The minimum Gasteiger partial charge on any atom is -0.363 e. The number of carbonyl (C=O) groups is 2. The first-order chi connectivity index (χ1) is 11.2.